The van der Waals surface area contributed by atoms with Gasteiger partial charge in [0.25, 0.3) is 0 Å². The highest BCUT2D eigenvalue weighted by molar-refractivity contribution is 7.12. The smallest absolute Gasteiger partial charge is 0.155 e. The maximum Gasteiger partial charge on any atom is 0.155 e. The molecular weight excluding hydrogens is 170 g/mol. The van der Waals surface area contributed by atoms with Gasteiger partial charge in [0.05, 0.1) is 5.01 Å². The molecule has 1 heterocycles. The molecule has 1 aromatic heterocycles. The average Bonchev–Trinajstić information content (AvgIpc) is 2.42. The van der Waals surface area contributed by atoms with Crippen molar-refractivity contribution < 1.29 is 0 Å². The number of nitriles is 1. The summed E-state index contributed by atoms with van der Waals surface area (Å²) in [5.41, 5.74) is 0. The van der Waals surface area contributed by atoms with Crippen LogP contribution in [0, 0.1) is 18.3 Å². The van der Waals surface area contributed by atoms with Crippen molar-refractivity contribution in [2.24, 2.45) is 0 Å². The summed E-state index contributed by atoms with van der Waals surface area (Å²) in [5, 5.41) is 12.8. The van der Waals surface area contributed by atoms with E-state index in [-0.39, 0.29) is 0 Å². The van der Waals surface area contributed by atoms with Gasteiger partial charge in [-0.25, -0.2) is 4.98 Å². The van der Waals surface area contributed by atoms with E-state index >= 15 is 0 Å². The SMILES string of the molecule is CCCNc1nc(C)sc1C#N. The molecule has 64 valence electrons. The molecule has 1 aromatic rings. The van der Waals surface area contributed by atoms with Crippen LogP contribution in [0.3, 0.4) is 0 Å². The predicted molar refractivity (Wildman–Crippen MR) is 50.3 cm³/mol. The molecule has 0 fully saturated rings. The van der Waals surface area contributed by atoms with E-state index in [4.69, 9.17) is 5.26 Å². The van der Waals surface area contributed by atoms with Crippen molar-refractivity contribution in [2.75, 3.05) is 11.9 Å². The molecule has 1 N–H and O–H groups in total. The highest BCUT2D eigenvalue weighted by Gasteiger charge is 2.06. The van der Waals surface area contributed by atoms with Crippen molar-refractivity contribution in [2.45, 2.75) is 20.3 Å². The topological polar surface area (TPSA) is 48.7 Å². The monoisotopic (exact) mass is 181 g/mol. The Morgan fingerprint density at radius 2 is 2.42 bits per heavy atom. The first-order chi connectivity index (χ1) is 5.77. The van der Waals surface area contributed by atoms with Crippen molar-refractivity contribution in [1.82, 2.24) is 4.98 Å². The van der Waals surface area contributed by atoms with Crippen LogP contribution < -0.4 is 5.32 Å². The second-order valence-electron chi connectivity index (χ2n) is 2.45. The normalized spacial score (nSPS) is 9.42. The summed E-state index contributed by atoms with van der Waals surface area (Å²) in [6.45, 7) is 4.86. The van der Waals surface area contributed by atoms with Crippen molar-refractivity contribution >= 4 is 17.2 Å². The number of hydrogen-bond acceptors (Lipinski definition) is 4. The van der Waals surface area contributed by atoms with Gasteiger partial charge in [-0.15, -0.1) is 11.3 Å². The Balaban J connectivity index is 2.77. The minimum absolute atomic E-state index is 0.681. The van der Waals surface area contributed by atoms with Crippen LogP contribution >= 0.6 is 11.3 Å². The van der Waals surface area contributed by atoms with Gasteiger partial charge in [0.1, 0.15) is 10.9 Å². The van der Waals surface area contributed by atoms with E-state index in [1.807, 2.05) is 6.92 Å². The van der Waals surface area contributed by atoms with Gasteiger partial charge in [0, 0.05) is 6.54 Å². The third-order valence-corrected chi connectivity index (χ3v) is 2.25. The van der Waals surface area contributed by atoms with Crippen molar-refractivity contribution in [3.8, 4) is 6.07 Å². The first-order valence-electron chi connectivity index (χ1n) is 3.89. The molecule has 0 atom stereocenters. The van der Waals surface area contributed by atoms with Crippen LogP contribution in [0.5, 0.6) is 0 Å². The molecule has 3 nitrogen and oxygen atoms in total. The predicted octanol–water partition coefficient (Wildman–Crippen LogP) is 2.15. The maximum atomic E-state index is 8.71. The second kappa shape index (κ2) is 4.07. The molecule has 12 heavy (non-hydrogen) atoms. The number of thiazole rings is 1. The van der Waals surface area contributed by atoms with Crippen LogP contribution in [-0.2, 0) is 0 Å². The fraction of sp³-hybridized carbons (Fsp3) is 0.500. The highest BCUT2D eigenvalue weighted by Crippen LogP contribution is 2.20. The van der Waals surface area contributed by atoms with E-state index in [9.17, 15) is 0 Å². The largest absolute Gasteiger partial charge is 0.368 e. The van der Waals surface area contributed by atoms with Gasteiger partial charge in [0.15, 0.2) is 5.82 Å². The average molecular weight is 181 g/mol. The summed E-state index contributed by atoms with van der Waals surface area (Å²) in [4.78, 5) is 4.89. The molecule has 0 amide bonds. The molecule has 1 rings (SSSR count). The number of anilines is 1. The van der Waals surface area contributed by atoms with Gasteiger partial charge in [-0.1, -0.05) is 6.92 Å². The number of hydrogen-bond donors (Lipinski definition) is 1. The summed E-state index contributed by atoms with van der Waals surface area (Å²) in [7, 11) is 0. The fourth-order valence-electron chi connectivity index (χ4n) is 0.866. The lowest BCUT2D eigenvalue weighted by Crippen LogP contribution is -2.00. The van der Waals surface area contributed by atoms with Gasteiger partial charge >= 0.3 is 0 Å². The number of aromatic nitrogens is 1. The van der Waals surface area contributed by atoms with Crippen LogP contribution in [0.1, 0.15) is 23.2 Å². The lowest BCUT2D eigenvalue weighted by atomic mass is 10.4. The van der Waals surface area contributed by atoms with Gasteiger partial charge in [-0.2, -0.15) is 5.26 Å². The zero-order valence-corrected chi connectivity index (χ0v) is 8.03. The number of rotatable bonds is 3. The lowest BCUT2D eigenvalue weighted by Gasteiger charge is -1.98. The van der Waals surface area contributed by atoms with E-state index in [2.05, 4.69) is 23.3 Å². The molecular formula is C8H11N3S. The standard InChI is InChI=1S/C8H11N3S/c1-3-4-10-8-7(5-9)12-6(2)11-8/h10H,3-4H2,1-2H3. The Bertz CT molecular complexity index is 298. The van der Waals surface area contributed by atoms with Crippen LogP contribution in [0.4, 0.5) is 5.82 Å². The Hall–Kier alpha value is -1.08. The second-order valence-corrected chi connectivity index (χ2v) is 3.65. The lowest BCUT2D eigenvalue weighted by molar-refractivity contribution is 0.970. The van der Waals surface area contributed by atoms with Crippen LogP contribution in [0.15, 0.2) is 0 Å². The number of nitrogens with one attached hydrogen (secondary N) is 1. The van der Waals surface area contributed by atoms with Crippen molar-refractivity contribution in [1.29, 1.82) is 5.26 Å². The fourth-order valence-corrected chi connectivity index (χ4v) is 1.56. The third kappa shape index (κ3) is 1.95. The molecule has 0 saturated carbocycles. The summed E-state index contributed by atoms with van der Waals surface area (Å²) >= 11 is 1.43. The molecule has 0 aliphatic carbocycles. The Kier molecular flexibility index (Phi) is 3.06. The van der Waals surface area contributed by atoms with Gasteiger partial charge in [-0.05, 0) is 13.3 Å². The molecule has 0 aromatic carbocycles. The maximum absolute atomic E-state index is 8.71. The Morgan fingerprint density at radius 1 is 1.67 bits per heavy atom. The van der Waals surface area contributed by atoms with Crippen LogP contribution in [0.2, 0.25) is 0 Å². The van der Waals surface area contributed by atoms with E-state index in [0.717, 1.165) is 23.8 Å². The molecule has 4 heteroatoms. The quantitative estimate of drug-likeness (QED) is 0.777. The van der Waals surface area contributed by atoms with Crippen molar-refractivity contribution in [3.05, 3.63) is 9.88 Å². The van der Waals surface area contributed by atoms with E-state index in [0.29, 0.717) is 4.88 Å². The minimum atomic E-state index is 0.681. The summed E-state index contributed by atoms with van der Waals surface area (Å²) in [5.74, 6) is 0.738. The zero-order valence-electron chi connectivity index (χ0n) is 7.22. The van der Waals surface area contributed by atoms with Crippen LogP contribution in [-0.4, -0.2) is 11.5 Å². The van der Waals surface area contributed by atoms with E-state index < -0.39 is 0 Å². The molecule has 0 aliphatic heterocycles. The molecule has 0 bridgehead atoms. The Morgan fingerprint density at radius 3 is 3.00 bits per heavy atom. The molecule has 0 radical (unpaired) electrons. The van der Waals surface area contributed by atoms with Gasteiger partial charge in [0.2, 0.25) is 0 Å². The molecule has 0 aliphatic rings. The van der Waals surface area contributed by atoms with Crippen LogP contribution in [0.25, 0.3) is 0 Å². The summed E-state index contributed by atoms with van der Waals surface area (Å²) in [6.07, 6.45) is 1.04. The first-order valence-corrected chi connectivity index (χ1v) is 4.71. The summed E-state index contributed by atoms with van der Waals surface area (Å²) < 4.78 is 0. The van der Waals surface area contributed by atoms with Gasteiger partial charge < -0.3 is 5.32 Å². The Labute approximate surface area is 76.1 Å². The number of nitrogens with zero attached hydrogens (tertiary/aromatic N) is 2. The van der Waals surface area contributed by atoms with Gasteiger partial charge in [-0.3, -0.25) is 0 Å². The number of aryl methyl sites for hydroxylation is 1. The summed E-state index contributed by atoms with van der Waals surface area (Å²) in [6, 6.07) is 2.12. The molecule has 0 unspecified atom stereocenters. The third-order valence-electron chi connectivity index (χ3n) is 1.38. The molecule has 0 saturated heterocycles. The van der Waals surface area contributed by atoms with E-state index in [1.165, 1.54) is 11.3 Å². The minimum Gasteiger partial charge on any atom is -0.368 e. The molecule has 0 spiro atoms. The zero-order chi connectivity index (χ0) is 8.97. The highest BCUT2D eigenvalue weighted by atomic mass is 32.1. The first kappa shape index (κ1) is 9.01. The van der Waals surface area contributed by atoms with Crippen molar-refractivity contribution in [3.63, 3.8) is 0 Å². The van der Waals surface area contributed by atoms with E-state index in [1.54, 1.807) is 0 Å².